The van der Waals surface area contributed by atoms with Crippen molar-refractivity contribution in [2.45, 2.75) is 71.6 Å². The summed E-state index contributed by atoms with van der Waals surface area (Å²) in [6.07, 6.45) is 12.2. The minimum Gasteiger partial charge on any atom is -0.431 e. The smallest absolute Gasteiger partial charge is 0.310 e. The molecule has 0 bridgehead atoms. The van der Waals surface area contributed by atoms with Gasteiger partial charge in [-0.3, -0.25) is 9.59 Å². The summed E-state index contributed by atoms with van der Waals surface area (Å²) >= 11 is 0. The van der Waals surface area contributed by atoms with Gasteiger partial charge in [-0.05, 0) is 31.4 Å². The number of ether oxygens (including phenoxy) is 2. The van der Waals surface area contributed by atoms with Gasteiger partial charge >= 0.3 is 11.9 Å². The quantitative estimate of drug-likeness (QED) is 0.515. The molecule has 2 aliphatic carbocycles. The van der Waals surface area contributed by atoms with Gasteiger partial charge in [-0.25, -0.2) is 0 Å². The third-order valence-electron chi connectivity index (χ3n) is 3.29. The first kappa shape index (κ1) is 17.5. The van der Waals surface area contributed by atoms with E-state index in [9.17, 15) is 9.59 Å². The van der Waals surface area contributed by atoms with E-state index in [0.29, 0.717) is 12.8 Å². The predicted molar refractivity (Wildman–Crippen MR) is 81.3 cm³/mol. The Hall–Kier alpha value is -1.58. The van der Waals surface area contributed by atoms with Crippen molar-refractivity contribution in [3.05, 3.63) is 23.7 Å². The monoisotopic (exact) mass is 294 g/mol. The van der Waals surface area contributed by atoms with E-state index in [1.165, 1.54) is 0 Å². The molecular weight excluding hydrogens is 268 g/mol. The first-order valence-electron chi connectivity index (χ1n) is 7.95. The Morgan fingerprint density at radius 2 is 1.48 bits per heavy atom. The Labute approximate surface area is 127 Å². The van der Waals surface area contributed by atoms with Gasteiger partial charge in [-0.2, -0.15) is 0 Å². The largest absolute Gasteiger partial charge is 0.431 e. The SMILES string of the molecule is CCC(=O)OC1=CCC1.CCCCCC(=O)OC1=CCC1. The number of hydrogen-bond donors (Lipinski definition) is 0. The van der Waals surface area contributed by atoms with Crippen LogP contribution >= 0.6 is 0 Å². The molecule has 0 heterocycles. The van der Waals surface area contributed by atoms with Crippen LogP contribution in [-0.4, -0.2) is 11.9 Å². The van der Waals surface area contributed by atoms with Gasteiger partial charge in [-0.15, -0.1) is 0 Å². The zero-order valence-corrected chi connectivity index (χ0v) is 13.2. The molecule has 0 unspecified atom stereocenters. The summed E-state index contributed by atoms with van der Waals surface area (Å²) in [5, 5.41) is 0. The molecule has 0 aromatic heterocycles. The molecule has 2 rings (SSSR count). The first-order chi connectivity index (χ1) is 10.2. The van der Waals surface area contributed by atoms with Crippen molar-refractivity contribution in [1.29, 1.82) is 0 Å². The molecule has 4 nitrogen and oxygen atoms in total. The minimum atomic E-state index is -0.124. The lowest BCUT2D eigenvalue weighted by atomic mass is 10.1. The fourth-order valence-corrected chi connectivity index (χ4v) is 1.64. The Bertz CT molecular complexity index is 407. The van der Waals surface area contributed by atoms with Crippen molar-refractivity contribution < 1.29 is 19.1 Å². The highest BCUT2D eigenvalue weighted by Crippen LogP contribution is 2.20. The molecule has 21 heavy (non-hydrogen) atoms. The number of allylic oxidation sites excluding steroid dienone is 4. The Morgan fingerprint density at radius 1 is 0.952 bits per heavy atom. The highest BCUT2D eigenvalue weighted by atomic mass is 16.5. The van der Waals surface area contributed by atoms with Gasteiger partial charge in [0.15, 0.2) is 0 Å². The zero-order valence-electron chi connectivity index (χ0n) is 13.2. The summed E-state index contributed by atoms with van der Waals surface area (Å²) in [6, 6.07) is 0. The Balaban J connectivity index is 0.000000219. The number of rotatable bonds is 7. The predicted octanol–water partition coefficient (Wildman–Crippen LogP) is 4.40. The topological polar surface area (TPSA) is 52.6 Å². The van der Waals surface area contributed by atoms with Crippen LogP contribution in [0.4, 0.5) is 0 Å². The van der Waals surface area contributed by atoms with Crippen molar-refractivity contribution >= 4 is 11.9 Å². The van der Waals surface area contributed by atoms with Crippen LogP contribution in [0, 0.1) is 0 Å². The van der Waals surface area contributed by atoms with Crippen molar-refractivity contribution in [2.24, 2.45) is 0 Å². The van der Waals surface area contributed by atoms with Crippen LogP contribution in [0.1, 0.15) is 71.6 Å². The summed E-state index contributed by atoms with van der Waals surface area (Å²) in [4.78, 5) is 21.6. The molecule has 0 amide bonds. The second-order valence-corrected chi connectivity index (χ2v) is 5.18. The highest BCUT2D eigenvalue weighted by molar-refractivity contribution is 5.70. The molecule has 0 aromatic carbocycles. The lowest BCUT2D eigenvalue weighted by Gasteiger charge is -2.13. The van der Waals surface area contributed by atoms with Crippen LogP contribution in [0.2, 0.25) is 0 Å². The molecule has 0 aliphatic heterocycles. The van der Waals surface area contributed by atoms with E-state index >= 15 is 0 Å². The molecule has 0 aromatic rings. The molecular formula is C17H26O4. The van der Waals surface area contributed by atoms with Crippen molar-refractivity contribution in [3.63, 3.8) is 0 Å². The molecule has 0 atom stereocenters. The average Bonchev–Trinajstić information content (AvgIpc) is 2.39. The first-order valence-corrected chi connectivity index (χ1v) is 7.95. The number of hydrogen-bond acceptors (Lipinski definition) is 4. The van der Waals surface area contributed by atoms with E-state index in [-0.39, 0.29) is 11.9 Å². The third-order valence-corrected chi connectivity index (χ3v) is 3.29. The van der Waals surface area contributed by atoms with E-state index in [2.05, 4.69) is 6.92 Å². The molecule has 4 heteroatoms. The van der Waals surface area contributed by atoms with Crippen molar-refractivity contribution in [2.75, 3.05) is 0 Å². The van der Waals surface area contributed by atoms with E-state index in [4.69, 9.17) is 9.47 Å². The zero-order chi connectivity index (χ0) is 15.5. The molecule has 0 spiro atoms. The lowest BCUT2D eigenvalue weighted by Crippen LogP contribution is -2.07. The van der Waals surface area contributed by atoms with Crippen LogP contribution in [0.15, 0.2) is 23.7 Å². The molecule has 2 aliphatic rings. The number of carbonyl (C=O) groups excluding carboxylic acids is 2. The fraction of sp³-hybridized carbons (Fsp3) is 0.647. The van der Waals surface area contributed by atoms with Crippen molar-refractivity contribution in [3.8, 4) is 0 Å². The molecule has 0 fully saturated rings. The normalized spacial score (nSPS) is 15.3. The molecule has 0 radical (unpaired) electrons. The Morgan fingerprint density at radius 3 is 1.86 bits per heavy atom. The van der Waals surface area contributed by atoms with E-state index < -0.39 is 0 Å². The van der Waals surface area contributed by atoms with E-state index in [0.717, 1.165) is 56.5 Å². The highest BCUT2D eigenvalue weighted by Gasteiger charge is 2.11. The maximum absolute atomic E-state index is 11.1. The van der Waals surface area contributed by atoms with Crippen LogP contribution < -0.4 is 0 Å². The maximum Gasteiger partial charge on any atom is 0.310 e. The van der Waals surface area contributed by atoms with Gasteiger partial charge in [0.05, 0.1) is 0 Å². The third kappa shape index (κ3) is 7.69. The fourth-order valence-electron chi connectivity index (χ4n) is 1.64. The summed E-state index contributed by atoms with van der Waals surface area (Å²) in [5.41, 5.74) is 0. The van der Waals surface area contributed by atoms with Crippen molar-refractivity contribution in [1.82, 2.24) is 0 Å². The van der Waals surface area contributed by atoms with Crippen LogP contribution in [-0.2, 0) is 19.1 Å². The minimum absolute atomic E-state index is 0.0607. The van der Waals surface area contributed by atoms with Gasteiger partial charge < -0.3 is 9.47 Å². The summed E-state index contributed by atoms with van der Waals surface area (Å²) in [6.45, 7) is 3.92. The van der Waals surface area contributed by atoms with Gasteiger partial charge in [0.1, 0.15) is 11.5 Å². The summed E-state index contributed by atoms with van der Waals surface area (Å²) < 4.78 is 9.91. The second-order valence-electron chi connectivity index (χ2n) is 5.18. The van der Waals surface area contributed by atoms with Gasteiger partial charge in [0, 0.05) is 25.7 Å². The summed E-state index contributed by atoms with van der Waals surface area (Å²) in [7, 11) is 0. The number of carbonyl (C=O) groups is 2. The Kier molecular flexibility index (Phi) is 8.48. The average molecular weight is 294 g/mol. The molecule has 0 saturated carbocycles. The molecule has 0 N–H and O–H groups in total. The van der Waals surface area contributed by atoms with Gasteiger partial charge in [-0.1, -0.05) is 26.7 Å². The second kappa shape index (κ2) is 10.2. The van der Waals surface area contributed by atoms with Gasteiger partial charge in [0.2, 0.25) is 0 Å². The van der Waals surface area contributed by atoms with Crippen LogP contribution in [0.25, 0.3) is 0 Å². The number of esters is 2. The van der Waals surface area contributed by atoms with E-state index in [1.807, 2.05) is 12.2 Å². The van der Waals surface area contributed by atoms with Crippen LogP contribution in [0.5, 0.6) is 0 Å². The van der Waals surface area contributed by atoms with Gasteiger partial charge in [0.25, 0.3) is 0 Å². The lowest BCUT2D eigenvalue weighted by molar-refractivity contribution is -0.140. The number of unbranched alkanes of at least 4 members (excludes halogenated alkanes) is 2. The maximum atomic E-state index is 11.1. The van der Waals surface area contributed by atoms with Crippen LogP contribution in [0.3, 0.4) is 0 Å². The summed E-state index contributed by atoms with van der Waals surface area (Å²) in [5.74, 6) is 1.54. The van der Waals surface area contributed by atoms with E-state index in [1.54, 1.807) is 6.92 Å². The molecule has 0 saturated heterocycles. The standard InChI is InChI=1S/C10H16O2.C7H10O2/c1-2-3-4-8-10(11)12-9-6-5-7-9;1-2-7(8)9-6-4-3-5-6/h6H,2-5,7-8H2,1H3;4H,2-3,5H2,1H3. The molecule has 118 valence electrons.